The third-order valence-corrected chi connectivity index (χ3v) is 4.77. The quantitative estimate of drug-likeness (QED) is 0.697. The van der Waals surface area contributed by atoms with E-state index in [9.17, 15) is 9.59 Å². The second-order valence-electron chi connectivity index (χ2n) is 5.99. The number of benzene rings is 2. The molecule has 2 N–H and O–H groups in total. The van der Waals surface area contributed by atoms with Crippen LogP contribution < -0.4 is 10.6 Å². The van der Waals surface area contributed by atoms with Gasteiger partial charge in [-0.25, -0.2) is 0 Å². The van der Waals surface area contributed by atoms with Crippen LogP contribution in [0.3, 0.4) is 0 Å². The highest BCUT2D eigenvalue weighted by atomic mass is 79.9. The minimum atomic E-state index is -0.289. The predicted octanol–water partition coefficient (Wildman–Crippen LogP) is 3.25. The summed E-state index contributed by atoms with van der Waals surface area (Å²) in [5.74, 6) is -0.544. The second kappa shape index (κ2) is 9.71. The lowest BCUT2D eigenvalue weighted by Crippen LogP contribution is -2.40. The first-order chi connectivity index (χ1) is 12.4. The van der Waals surface area contributed by atoms with E-state index in [4.69, 9.17) is 11.6 Å². The number of carbonyl (C=O) groups is 2. The van der Waals surface area contributed by atoms with Crippen molar-refractivity contribution in [1.82, 2.24) is 15.5 Å². The summed E-state index contributed by atoms with van der Waals surface area (Å²) in [5.41, 5.74) is 1.45. The van der Waals surface area contributed by atoms with Crippen LogP contribution in [0.5, 0.6) is 0 Å². The molecule has 0 bridgehead atoms. The Hall–Kier alpha value is -1.89. The molecule has 0 saturated carbocycles. The van der Waals surface area contributed by atoms with Gasteiger partial charge in [0.15, 0.2) is 0 Å². The molecule has 2 aromatic rings. The topological polar surface area (TPSA) is 61.4 Å². The van der Waals surface area contributed by atoms with Gasteiger partial charge in [0.2, 0.25) is 5.91 Å². The van der Waals surface area contributed by atoms with Crippen molar-refractivity contribution in [2.75, 3.05) is 27.2 Å². The van der Waals surface area contributed by atoms with Gasteiger partial charge in [0.05, 0.1) is 12.6 Å². The number of hydrogen-bond acceptors (Lipinski definition) is 3. The van der Waals surface area contributed by atoms with Crippen molar-refractivity contribution < 1.29 is 9.59 Å². The number of halogens is 2. The fraction of sp³-hybridized carbons (Fsp3) is 0.263. The number of nitrogens with zero attached hydrogens (tertiary/aromatic N) is 1. The first-order valence-electron chi connectivity index (χ1n) is 8.10. The molecule has 0 aliphatic rings. The maximum atomic E-state index is 12.1. The van der Waals surface area contributed by atoms with Crippen LogP contribution in [-0.2, 0) is 4.79 Å². The Morgan fingerprint density at radius 3 is 2.35 bits per heavy atom. The summed E-state index contributed by atoms with van der Waals surface area (Å²) in [6, 6.07) is 14.4. The van der Waals surface area contributed by atoms with Crippen molar-refractivity contribution in [2.24, 2.45) is 0 Å². The molecule has 138 valence electrons. The molecule has 0 heterocycles. The summed E-state index contributed by atoms with van der Waals surface area (Å²) in [6.45, 7) is 0.307. The minimum Gasteiger partial charge on any atom is -0.353 e. The molecule has 0 aliphatic carbocycles. The van der Waals surface area contributed by atoms with Crippen molar-refractivity contribution in [3.63, 3.8) is 0 Å². The van der Waals surface area contributed by atoms with Gasteiger partial charge in [-0.05, 0) is 50.0 Å². The Labute approximate surface area is 166 Å². The Morgan fingerprint density at radius 1 is 1.08 bits per heavy atom. The molecule has 0 aromatic heterocycles. The van der Waals surface area contributed by atoms with Gasteiger partial charge < -0.3 is 15.5 Å². The smallest absolute Gasteiger partial charge is 0.251 e. The third kappa shape index (κ3) is 5.83. The number of rotatable bonds is 7. The van der Waals surface area contributed by atoms with E-state index in [-0.39, 0.29) is 24.4 Å². The lowest BCUT2D eigenvalue weighted by atomic mass is 10.1. The van der Waals surface area contributed by atoms with Crippen LogP contribution in [0.15, 0.2) is 53.0 Å². The highest BCUT2D eigenvalue weighted by Gasteiger charge is 2.18. The van der Waals surface area contributed by atoms with Crippen LogP contribution in [0, 0.1) is 0 Å². The third-order valence-electron chi connectivity index (χ3n) is 3.90. The Morgan fingerprint density at radius 2 is 1.73 bits per heavy atom. The number of amides is 2. The van der Waals surface area contributed by atoms with Gasteiger partial charge in [0.1, 0.15) is 0 Å². The van der Waals surface area contributed by atoms with Gasteiger partial charge in [0.25, 0.3) is 5.91 Å². The highest BCUT2D eigenvalue weighted by molar-refractivity contribution is 9.10. The number of hydrogen-bond donors (Lipinski definition) is 2. The summed E-state index contributed by atoms with van der Waals surface area (Å²) >= 11 is 9.58. The predicted molar refractivity (Wildman–Crippen MR) is 107 cm³/mol. The monoisotopic (exact) mass is 437 g/mol. The van der Waals surface area contributed by atoms with Crippen molar-refractivity contribution in [3.05, 3.63) is 69.2 Å². The van der Waals surface area contributed by atoms with Gasteiger partial charge in [-0.3, -0.25) is 9.59 Å². The molecular formula is C19H21BrClN3O2. The molecule has 5 nitrogen and oxygen atoms in total. The highest BCUT2D eigenvalue weighted by Crippen LogP contribution is 2.25. The van der Waals surface area contributed by atoms with E-state index >= 15 is 0 Å². The zero-order valence-electron chi connectivity index (χ0n) is 14.6. The largest absolute Gasteiger partial charge is 0.353 e. The second-order valence-corrected chi connectivity index (χ2v) is 7.32. The van der Waals surface area contributed by atoms with Crippen molar-refractivity contribution in [3.8, 4) is 0 Å². The first-order valence-corrected chi connectivity index (χ1v) is 9.27. The van der Waals surface area contributed by atoms with Gasteiger partial charge in [-0.2, -0.15) is 0 Å². The Balaban J connectivity index is 1.87. The van der Waals surface area contributed by atoms with Gasteiger partial charge in [0, 0.05) is 21.6 Å². The molecule has 0 aliphatic heterocycles. The van der Waals surface area contributed by atoms with E-state index in [1.165, 1.54) is 0 Å². The fourth-order valence-corrected chi connectivity index (χ4v) is 2.98. The maximum Gasteiger partial charge on any atom is 0.251 e. The summed E-state index contributed by atoms with van der Waals surface area (Å²) in [5, 5.41) is 6.12. The SMILES string of the molecule is CN(C)C(CNC(=O)CNC(=O)c1ccc(Br)cc1)c1ccccc1Cl. The van der Waals surface area contributed by atoms with E-state index in [0.717, 1.165) is 10.0 Å². The van der Waals surface area contributed by atoms with Crippen LogP contribution in [0.2, 0.25) is 5.02 Å². The van der Waals surface area contributed by atoms with Gasteiger partial charge >= 0.3 is 0 Å². The normalized spacial score (nSPS) is 11.9. The summed E-state index contributed by atoms with van der Waals surface area (Å²) in [4.78, 5) is 26.1. The number of likely N-dealkylation sites (N-methyl/N-ethyl adjacent to an activating group) is 1. The molecule has 1 atom stereocenters. The van der Waals surface area contributed by atoms with Crippen molar-refractivity contribution in [2.45, 2.75) is 6.04 Å². The zero-order valence-corrected chi connectivity index (χ0v) is 17.0. The zero-order chi connectivity index (χ0) is 19.1. The van der Waals surface area contributed by atoms with Crippen LogP contribution in [0.4, 0.5) is 0 Å². The lowest BCUT2D eigenvalue weighted by molar-refractivity contribution is -0.120. The van der Waals surface area contributed by atoms with Gasteiger partial charge in [-0.15, -0.1) is 0 Å². The van der Waals surface area contributed by atoms with Crippen molar-refractivity contribution in [1.29, 1.82) is 0 Å². The molecule has 1 unspecified atom stereocenters. The van der Waals surface area contributed by atoms with Crippen molar-refractivity contribution >= 4 is 39.3 Å². The Bertz CT molecular complexity index is 766. The fourth-order valence-electron chi connectivity index (χ4n) is 2.45. The van der Waals surface area contributed by atoms with Crippen LogP contribution in [0.1, 0.15) is 22.0 Å². The number of carbonyl (C=O) groups excluding carboxylic acids is 2. The molecule has 26 heavy (non-hydrogen) atoms. The molecule has 2 aromatic carbocycles. The molecule has 2 amide bonds. The van der Waals surface area contributed by atoms with E-state index < -0.39 is 0 Å². The molecule has 2 rings (SSSR count). The van der Waals surface area contributed by atoms with E-state index in [0.29, 0.717) is 17.1 Å². The number of nitrogens with one attached hydrogen (secondary N) is 2. The molecular weight excluding hydrogens is 418 g/mol. The molecule has 0 saturated heterocycles. The Kier molecular flexibility index (Phi) is 7.63. The lowest BCUT2D eigenvalue weighted by Gasteiger charge is -2.26. The summed E-state index contributed by atoms with van der Waals surface area (Å²) < 4.78 is 0.890. The van der Waals surface area contributed by atoms with E-state index in [1.54, 1.807) is 24.3 Å². The van der Waals surface area contributed by atoms with Gasteiger partial charge in [-0.1, -0.05) is 45.7 Å². The van der Waals surface area contributed by atoms with Crippen LogP contribution >= 0.6 is 27.5 Å². The maximum absolute atomic E-state index is 12.1. The molecule has 0 fully saturated rings. The van der Waals surface area contributed by atoms with E-state index in [2.05, 4.69) is 26.6 Å². The molecule has 7 heteroatoms. The summed E-state index contributed by atoms with van der Waals surface area (Å²) in [7, 11) is 3.85. The van der Waals surface area contributed by atoms with Crippen LogP contribution in [0.25, 0.3) is 0 Å². The van der Waals surface area contributed by atoms with E-state index in [1.807, 2.05) is 43.3 Å². The standard InChI is InChI=1S/C19H21BrClN3O2/c1-24(2)17(15-5-3-4-6-16(15)21)11-22-18(25)12-23-19(26)13-7-9-14(20)10-8-13/h3-10,17H,11-12H2,1-2H3,(H,22,25)(H,23,26). The average Bonchev–Trinajstić information content (AvgIpc) is 2.61. The van der Waals surface area contributed by atoms with Crippen LogP contribution in [-0.4, -0.2) is 43.9 Å². The minimum absolute atomic E-state index is 0.0603. The average molecular weight is 439 g/mol. The molecule has 0 spiro atoms. The summed E-state index contributed by atoms with van der Waals surface area (Å²) in [6.07, 6.45) is 0. The first kappa shape index (κ1) is 20.4. The molecule has 0 radical (unpaired) electrons.